The summed E-state index contributed by atoms with van der Waals surface area (Å²) in [5.41, 5.74) is 1.87. The van der Waals surface area contributed by atoms with Gasteiger partial charge in [-0.25, -0.2) is 0 Å². The Morgan fingerprint density at radius 2 is 2.04 bits per heavy atom. The molecule has 1 saturated heterocycles. The van der Waals surface area contributed by atoms with Gasteiger partial charge in [0.25, 0.3) is 5.91 Å². The molecular formula is C18H16N2O3S2. The lowest BCUT2D eigenvalue weighted by Crippen LogP contribution is -2.22. The third kappa shape index (κ3) is 4.37. The zero-order chi connectivity index (χ0) is 17.6. The van der Waals surface area contributed by atoms with E-state index in [0.29, 0.717) is 28.2 Å². The van der Waals surface area contributed by atoms with E-state index in [4.69, 9.17) is 21.7 Å². The maximum Gasteiger partial charge on any atom is 0.259 e. The summed E-state index contributed by atoms with van der Waals surface area (Å²) in [7, 11) is 1.58. The van der Waals surface area contributed by atoms with Gasteiger partial charge in [0.15, 0.2) is 15.8 Å². The first-order valence-corrected chi connectivity index (χ1v) is 8.95. The third-order valence-corrected chi connectivity index (χ3v) is 4.81. The van der Waals surface area contributed by atoms with E-state index in [0.717, 1.165) is 11.1 Å². The summed E-state index contributed by atoms with van der Waals surface area (Å²) >= 11 is 6.41. The van der Waals surface area contributed by atoms with Crippen LogP contribution in [0.3, 0.4) is 0 Å². The molecule has 0 aliphatic carbocycles. The molecule has 7 heteroatoms. The standard InChI is InChI=1S/C18H16N2O3S2/c1-22-16-9-14(10-19-20-17(21)12-25-18(20)24)7-8-15(16)23-11-13-5-3-2-4-6-13/h2-10H,11-12H2,1H3/b19-10-. The first-order chi connectivity index (χ1) is 12.2. The van der Waals surface area contributed by atoms with Crippen molar-refractivity contribution in [1.29, 1.82) is 0 Å². The van der Waals surface area contributed by atoms with Crippen LogP contribution < -0.4 is 9.47 Å². The molecule has 0 saturated carbocycles. The number of methoxy groups -OCH3 is 1. The molecule has 2 aromatic rings. The molecular weight excluding hydrogens is 356 g/mol. The van der Waals surface area contributed by atoms with Gasteiger partial charge in [-0.2, -0.15) is 10.1 Å². The molecule has 2 aromatic carbocycles. The molecule has 0 N–H and O–H groups in total. The first kappa shape index (κ1) is 17.4. The molecule has 0 atom stereocenters. The van der Waals surface area contributed by atoms with Crippen LogP contribution in [0.5, 0.6) is 11.5 Å². The molecule has 1 amide bonds. The fourth-order valence-corrected chi connectivity index (χ4v) is 3.17. The maximum atomic E-state index is 11.7. The van der Waals surface area contributed by atoms with Crippen molar-refractivity contribution in [3.8, 4) is 11.5 Å². The molecule has 5 nitrogen and oxygen atoms in total. The van der Waals surface area contributed by atoms with Gasteiger partial charge in [-0.05, 0) is 29.3 Å². The molecule has 1 heterocycles. The lowest BCUT2D eigenvalue weighted by molar-refractivity contribution is -0.123. The van der Waals surface area contributed by atoms with Crippen molar-refractivity contribution < 1.29 is 14.3 Å². The van der Waals surface area contributed by atoms with Crippen molar-refractivity contribution in [3.63, 3.8) is 0 Å². The number of thiocarbonyl (C=S) groups is 1. The topological polar surface area (TPSA) is 51.1 Å². The van der Waals surface area contributed by atoms with Crippen molar-refractivity contribution in [1.82, 2.24) is 5.01 Å². The van der Waals surface area contributed by atoms with Gasteiger partial charge in [0.05, 0.1) is 19.1 Å². The second kappa shape index (κ2) is 8.13. The Hall–Kier alpha value is -2.38. The Bertz CT molecular complexity index is 793. The molecule has 25 heavy (non-hydrogen) atoms. The maximum absolute atomic E-state index is 11.7. The van der Waals surface area contributed by atoms with Crippen LogP contribution in [-0.2, 0) is 11.4 Å². The van der Waals surface area contributed by atoms with Gasteiger partial charge in [-0.3, -0.25) is 4.79 Å². The van der Waals surface area contributed by atoms with Crippen LogP contribution in [0.25, 0.3) is 0 Å². The first-order valence-electron chi connectivity index (χ1n) is 7.56. The van der Waals surface area contributed by atoms with Crippen LogP contribution in [0.4, 0.5) is 0 Å². The van der Waals surface area contributed by atoms with Gasteiger partial charge < -0.3 is 9.47 Å². The highest BCUT2D eigenvalue weighted by atomic mass is 32.2. The molecule has 1 aliphatic rings. The minimum absolute atomic E-state index is 0.110. The number of hydrazone groups is 1. The number of amides is 1. The number of rotatable bonds is 6. The third-order valence-electron chi connectivity index (χ3n) is 3.48. The van der Waals surface area contributed by atoms with Crippen LogP contribution in [0.2, 0.25) is 0 Å². The monoisotopic (exact) mass is 372 g/mol. The number of benzene rings is 2. The van der Waals surface area contributed by atoms with Crippen molar-refractivity contribution >= 4 is 40.4 Å². The smallest absolute Gasteiger partial charge is 0.259 e. The van der Waals surface area contributed by atoms with E-state index < -0.39 is 0 Å². The number of ether oxygens (including phenoxy) is 2. The second-order valence-corrected chi connectivity index (χ2v) is 6.80. The largest absolute Gasteiger partial charge is 0.493 e. The Balaban J connectivity index is 1.71. The minimum Gasteiger partial charge on any atom is -0.493 e. The predicted octanol–water partition coefficient (Wildman–Crippen LogP) is 3.47. The average molecular weight is 372 g/mol. The van der Waals surface area contributed by atoms with Crippen molar-refractivity contribution in [2.45, 2.75) is 6.61 Å². The van der Waals surface area contributed by atoms with Crippen LogP contribution in [0, 0.1) is 0 Å². The van der Waals surface area contributed by atoms with Crippen molar-refractivity contribution in [2.75, 3.05) is 12.9 Å². The zero-order valence-electron chi connectivity index (χ0n) is 13.5. The number of nitrogens with zero attached hydrogens (tertiary/aromatic N) is 2. The summed E-state index contributed by atoms with van der Waals surface area (Å²) in [5, 5.41) is 5.40. The average Bonchev–Trinajstić information content (AvgIpc) is 2.97. The minimum atomic E-state index is -0.110. The summed E-state index contributed by atoms with van der Waals surface area (Å²) in [4.78, 5) is 11.7. The molecule has 1 aliphatic heterocycles. The van der Waals surface area contributed by atoms with Crippen molar-refractivity contribution in [2.24, 2.45) is 5.10 Å². The number of thioether (sulfide) groups is 1. The highest BCUT2D eigenvalue weighted by Gasteiger charge is 2.25. The molecule has 0 bridgehead atoms. The number of carbonyl (C=O) groups excluding carboxylic acids is 1. The van der Waals surface area contributed by atoms with Crippen molar-refractivity contribution in [3.05, 3.63) is 59.7 Å². The van der Waals surface area contributed by atoms with Gasteiger partial charge in [0, 0.05) is 0 Å². The molecule has 128 valence electrons. The Kier molecular flexibility index (Phi) is 5.67. The summed E-state index contributed by atoms with van der Waals surface area (Å²) in [6.07, 6.45) is 1.58. The summed E-state index contributed by atoms with van der Waals surface area (Å²) in [6, 6.07) is 15.4. The fourth-order valence-electron chi connectivity index (χ4n) is 2.20. The Morgan fingerprint density at radius 3 is 2.72 bits per heavy atom. The van der Waals surface area contributed by atoms with E-state index >= 15 is 0 Å². The number of hydrogen-bond donors (Lipinski definition) is 0. The Labute approximate surface area is 155 Å². The Morgan fingerprint density at radius 1 is 1.24 bits per heavy atom. The number of carbonyl (C=O) groups is 1. The summed E-state index contributed by atoms with van der Waals surface area (Å²) in [6.45, 7) is 0.457. The highest BCUT2D eigenvalue weighted by Crippen LogP contribution is 2.28. The van der Waals surface area contributed by atoms with E-state index in [9.17, 15) is 4.79 Å². The second-order valence-electron chi connectivity index (χ2n) is 5.19. The van der Waals surface area contributed by atoms with Gasteiger partial charge in [-0.15, -0.1) is 0 Å². The van der Waals surface area contributed by atoms with Crippen LogP contribution in [0.15, 0.2) is 53.6 Å². The molecule has 0 aromatic heterocycles. The molecule has 0 spiro atoms. The predicted molar refractivity (Wildman–Crippen MR) is 103 cm³/mol. The van der Waals surface area contributed by atoms with E-state index in [1.807, 2.05) is 42.5 Å². The zero-order valence-corrected chi connectivity index (χ0v) is 15.2. The summed E-state index contributed by atoms with van der Waals surface area (Å²) < 4.78 is 11.7. The summed E-state index contributed by atoms with van der Waals surface area (Å²) in [5.74, 6) is 1.48. The van der Waals surface area contributed by atoms with Gasteiger partial charge in [0.1, 0.15) is 6.61 Å². The van der Waals surface area contributed by atoms with Gasteiger partial charge >= 0.3 is 0 Å². The molecule has 0 radical (unpaired) electrons. The van der Waals surface area contributed by atoms with E-state index in [1.165, 1.54) is 16.8 Å². The highest BCUT2D eigenvalue weighted by molar-refractivity contribution is 8.23. The molecule has 3 rings (SSSR count). The lowest BCUT2D eigenvalue weighted by Gasteiger charge is -2.12. The van der Waals surface area contributed by atoms with E-state index in [1.54, 1.807) is 19.4 Å². The van der Waals surface area contributed by atoms with Crippen LogP contribution in [-0.4, -0.2) is 34.3 Å². The SMILES string of the molecule is COc1cc(/C=N\N2C(=O)CSC2=S)ccc1OCc1ccccc1. The van der Waals surface area contributed by atoms with Crippen LogP contribution >= 0.6 is 24.0 Å². The molecule has 1 fully saturated rings. The number of hydrogen-bond acceptors (Lipinski definition) is 6. The lowest BCUT2D eigenvalue weighted by atomic mass is 10.2. The van der Waals surface area contributed by atoms with Gasteiger partial charge in [-0.1, -0.05) is 54.3 Å². The molecule has 0 unspecified atom stereocenters. The quantitative estimate of drug-likeness (QED) is 0.574. The fraction of sp³-hybridized carbons (Fsp3) is 0.167. The van der Waals surface area contributed by atoms with E-state index in [2.05, 4.69) is 5.10 Å². The van der Waals surface area contributed by atoms with E-state index in [-0.39, 0.29) is 5.91 Å². The normalized spacial score (nSPS) is 14.4. The van der Waals surface area contributed by atoms with Gasteiger partial charge in [0.2, 0.25) is 0 Å². The van der Waals surface area contributed by atoms with Crippen LogP contribution in [0.1, 0.15) is 11.1 Å².